The second kappa shape index (κ2) is 10.6. The number of benzene rings is 1. The average Bonchev–Trinajstić information content (AvgIpc) is 2.57. The maximum absolute atomic E-state index is 11.3. The van der Waals surface area contributed by atoms with Gasteiger partial charge in [-0.25, -0.2) is 9.59 Å². The molecule has 3 amide bonds. The van der Waals surface area contributed by atoms with Crippen LogP contribution in [0.15, 0.2) is 29.4 Å². The van der Waals surface area contributed by atoms with Crippen molar-refractivity contribution in [3.8, 4) is 5.75 Å². The van der Waals surface area contributed by atoms with Crippen molar-refractivity contribution in [3.63, 3.8) is 0 Å². The first kappa shape index (κ1) is 18.9. The highest BCUT2D eigenvalue weighted by Gasteiger charge is 2.10. The van der Waals surface area contributed by atoms with Gasteiger partial charge in [-0.05, 0) is 36.8 Å². The molecule has 0 aliphatic rings. The Balaban J connectivity index is 2.22. The number of imide groups is 1. The van der Waals surface area contributed by atoms with Crippen LogP contribution in [0.25, 0.3) is 0 Å². The zero-order chi connectivity index (χ0) is 17.8. The van der Waals surface area contributed by atoms with E-state index in [9.17, 15) is 14.4 Å². The predicted octanol–water partition coefficient (Wildman–Crippen LogP) is 0.435. The Bertz CT molecular complexity index is 585. The molecule has 0 spiro atoms. The van der Waals surface area contributed by atoms with Gasteiger partial charge in [0.25, 0.3) is 5.91 Å². The van der Waals surface area contributed by atoms with Gasteiger partial charge in [-0.3, -0.25) is 10.1 Å². The van der Waals surface area contributed by atoms with Crippen LogP contribution < -0.4 is 15.4 Å². The van der Waals surface area contributed by atoms with E-state index >= 15 is 0 Å². The molecule has 0 radical (unpaired) electrons. The van der Waals surface area contributed by atoms with E-state index in [1.165, 1.54) is 6.21 Å². The Kier molecular flexibility index (Phi) is 8.37. The maximum atomic E-state index is 11.3. The molecule has 9 nitrogen and oxygen atoms in total. The fraction of sp³-hybridized carbons (Fsp3) is 0.333. The fourth-order valence-electron chi connectivity index (χ4n) is 1.43. The summed E-state index contributed by atoms with van der Waals surface area (Å²) < 4.78 is 9.63. The largest absolute Gasteiger partial charge is 0.497 e. The molecule has 24 heavy (non-hydrogen) atoms. The molecule has 0 fully saturated rings. The van der Waals surface area contributed by atoms with Crippen molar-refractivity contribution < 1.29 is 28.7 Å². The van der Waals surface area contributed by atoms with Crippen molar-refractivity contribution in [2.24, 2.45) is 5.16 Å². The van der Waals surface area contributed by atoms with E-state index in [2.05, 4.69) is 15.2 Å². The van der Waals surface area contributed by atoms with Crippen LogP contribution in [0.3, 0.4) is 0 Å². The van der Waals surface area contributed by atoms with E-state index in [1.807, 2.05) is 5.32 Å². The number of urea groups is 1. The van der Waals surface area contributed by atoms with E-state index in [-0.39, 0.29) is 0 Å². The molecule has 0 aromatic heterocycles. The van der Waals surface area contributed by atoms with E-state index < -0.39 is 31.1 Å². The van der Waals surface area contributed by atoms with Crippen LogP contribution in [0.1, 0.15) is 12.5 Å². The number of esters is 1. The number of methoxy groups -OCH3 is 1. The Morgan fingerprint density at radius 2 is 1.88 bits per heavy atom. The lowest BCUT2D eigenvalue weighted by atomic mass is 10.2. The Labute approximate surface area is 138 Å². The first-order valence-electron chi connectivity index (χ1n) is 7.07. The van der Waals surface area contributed by atoms with Gasteiger partial charge in [0.1, 0.15) is 5.75 Å². The summed E-state index contributed by atoms with van der Waals surface area (Å²) in [5.41, 5.74) is 0.755. The van der Waals surface area contributed by atoms with Gasteiger partial charge >= 0.3 is 12.0 Å². The number of carbonyl (C=O) groups excluding carboxylic acids is 3. The minimum Gasteiger partial charge on any atom is -0.497 e. The lowest BCUT2D eigenvalue weighted by molar-refractivity contribution is -0.152. The van der Waals surface area contributed by atoms with Gasteiger partial charge in [0.2, 0.25) is 6.61 Å². The van der Waals surface area contributed by atoms with Gasteiger partial charge in [-0.1, -0.05) is 5.16 Å². The molecule has 1 rings (SSSR count). The number of carbonyl (C=O) groups is 3. The summed E-state index contributed by atoms with van der Waals surface area (Å²) >= 11 is 0. The van der Waals surface area contributed by atoms with Gasteiger partial charge in [0.15, 0.2) is 6.61 Å². The molecule has 0 aliphatic carbocycles. The summed E-state index contributed by atoms with van der Waals surface area (Å²) in [6.45, 7) is 1.04. The van der Waals surface area contributed by atoms with Crippen molar-refractivity contribution in [2.45, 2.75) is 6.92 Å². The van der Waals surface area contributed by atoms with Crippen LogP contribution in [0.4, 0.5) is 4.79 Å². The maximum Gasteiger partial charge on any atom is 0.347 e. The molecule has 0 saturated heterocycles. The number of nitrogens with zero attached hydrogens (tertiary/aromatic N) is 1. The second-order valence-electron chi connectivity index (χ2n) is 4.35. The van der Waals surface area contributed by atoms with Gasteiger partial charge in [-0.2, -0.15) is 0 Å². The molecule has 1 aromatic rings. The van der Waals surface area contributed by atoms with Crippen molar-refractivity contribution in [1.29, 1.82) is 0 Å². The summed E-state index contributed by atoms with van der Waals surface area (Å²) in [6.07, 6.45) is 1.41. The predicted molar refractivity (Wildman–Crippen MR) is 84.7 cm³/mol. The molecule has 130 valence electrons. The van der Waals surface area contributed by atoms with Gasteiger partial charge in [-0.15, -0.1) is 0 Å². The van der Waals surface area contributed by atoms with Crippen LogP contribution in [-0.4, -0.2) is 51.0 Å². The van der Waals surface area contributed by atoms with Gasteiger partial charge < -0.3 is 19.6 Å². The van der Waals surface area contributed by atoms with Crippen LogP contribution in [0.2, 0.25) is 0 Å². The quantitative estimate of drug-likeness (QED) is 0.404. The third-order valence-corrected chi connectivity index (χ3v) is 2.53. The Morgan fingerprint density at radius 1 is 1.17 bits per heavy atom. The van der Waals surface area contributed by atoms with Gasteiger partial charge in [0.05, 0.1) is 13.3 Å². The normalized spacial score (nSPS) is 10.1. The van der Waals surface area contributed by atoms with Crippen LogP contribution >= 0.6 is 0 Å². The summed E-state index contributed by atoms with van der Waals surface area (Å²) in [4.78, 5) is 38.4. The number of nitrogens with one attached hydrogen (secondary N) is 2. The number of amides is 3. The van der Waals surface area contributed by atoms with E-state index in [0.717, 1.165) is 5.56 Å². The molecule has 0 bridgehead atoms. The smallest absolute Gasteiger partial charge is 0.347 e. The van der Waals surface area contributed by atoms with Crippen molar-refractivity contribution in [2.75, 3.05) is 26.9 Å². The number of ether oxygens (including phenoxy) is 2. The van der Waals surface area contributed by atoms with E-state index in [1.54, 1.807) is 38.3 Å². The topological polar surface area (TPSA) is 115 Å². The first-order chi connectivity index (χ1) is 11.5. The molecule has 0 saturated carbocycles. The summed E-state index contributed by atoms with van der Waals surface area (Å²) in [5, 5.41) is 7.96. The third kappa shape index (κ3) is 7.78. The fourth-order valence-corrected chi connectivity index (χ4v) is 1.43. The van der Waals surface area contributed by atoms with Crippen molar-refractivity contribution >= 4 is 24.1 Å². The Morgan fingerprint density at radius 3 is 2.50 bits per heavy atom. The average molecular weight is 337 g/mol. The lowest BCUT2D eigenvalue weighted by Gasteiger charge is -2.05. The number of hydrogen-bond acceptors (Lipinski definition) is 7. The molecular weight excluding hydrogens is 318 g/mol. The van der Waals surface area contributed by atoms with Crippen LogP contribution in [0, 0.1) is 0 Å². The summed E-state index contributed by atoms with van der Waals surface area (Å²) in [7, 11) is 1.56. The third-order valence-electron chi connectivity index (χ3n) is 2.53. The molecule has 0 unspecified atom stereocenters. The number of oxime groups is 1. The highest BCUT2D eigenvalue weighted by molar-refractivity contribution is 5.95. The summed E-state index contributed by atoms with van der Waals surface area (Å²) in [6, 6.07) is 6.37. The monoisotopic (exact) mass is 337 g/mol. The minimum absolute atomic E-state index is 0.374. The second-order valence-corrected chi connectivity index (χ2v) is 4.35. The molecular formula is C15H19N3O6. The Hall–Kier alpha value is -3.10. The first-order valence-corrected chi connectivity index (χ1v) is 7.07. The molecule has 0 aliphatic heterocycles. The number of rotatable bonds is 8. The van der Waals surface area contributed by atoms with Crippen LogP contribution in [0.5, 0.6) is 5.75 Å². The van der Waals surface area contributed by atoms with Gasteiger partial charge in [0, 0.05) is 6.54 Å². The van der Waals surface area contributed by atoms with Crippen molar-refractivity contribution in [3.05, 3.63) is 29.8 Å². The molecule has 1 aromatic carbocycles. The molecule has 0 atom stereocenters. The van der Waals surface area contributed by atoms with E-state index in [4.69, 9.17) is 9.57 Å². The number of hydrogen-bond donors (Lipinski definition) is 2. The SMILES string of the molecule is CCNC(=O)NC(=O)COC(=O)CO/N=C\c1ccc(OC)cc1. The molecule has 0 heterocycles. The zero-order valence-electron chi connectivity index (χ0n) is 13.4. The lowest BCUT2D eigenvalue weighted by Crippen LogP contribution is -2.41. The minimum atomic E-state index is -0.784. The molecule has 9 heteroatoms. The zero-order valence-corrected chi connectivity index (χ0v) is 13.4. The highest BCUT2D eigenvalue weighted by atomic mass is 16.7. The highest BCUT2D eigenvalue weighted by Crippen LogP contribution is 2.09. The standard InChI is InChI=1S/C15H19N3O6/c1-3-16-15(21)18-13(19)9-23-14(20)10-24-17-8-11-4-6-12(22-2)7-5-11/h4-8H,3,9-10H2,1-2H3,(H2,16,18,19,21)/b17-8-. The van der Waals surface area contributed by atoms with Crippen LogP contribution in [-0.2, 0) is 19.2 Å². The molecule has 2 N–H and O–H groups in total. The van der Waals surface area contributed by atoms with E-state index in [0.29, 0.717) is 12.3 Å². The summed E-state index contributed by atoms with van der Waals surface area (Å²) in [5.74, 6) is -0.813. The van der Waals surface area contributed by atoms with Crippen molar-refractivity contribution in [1.82, 2.24) is 10.6 Å².